The van der Waals surface area contributed by atoms with Crippen LogP contribution in [0.15, 0.2) is 36.4 Å². The summed E-state index contributed by atoms with van der Waals surface area (Å²) >= 11 is 0. The molecule has 2 aromatic carbocycles. The Kier molecular flexibility index (Phi) is 10.5. The van der Waals surface area contributed by atoms with Gasteiger partial charge in [0.2, 0.25) is 0 Å². The zero-order chi connectivity index (χ0) is 27.7. The first-order chi connectivity index (χ1) is 18.3. The summed E-state index contributed by atoms with van der Waals surface area (Å²) in [5.41, 5.74) is 3.19. The maximum Gasteiger partial charge on any atom is 0.414 e. The average Bonchev–Trinajstić information content (AvgIpc) is 3.29. The zero-order valence-electron chi connectivity index (χ0n) is 23.0. The molecule has 206 valence electrons. The lowest BCUT2D eigenvalue weighted by atomic mass is 10.0. The van der Waals surface area contributed by atoms with E-state index in [1.54, 1.807) is 13.0 Å². The van der Waals surface area contributed by atoms with Gasteiger partial charge in [0.25, 0.3) is 5.88 Å². The zero-order valence-corrected chi connectivity index (χ0v) is 23.0. The lowest BCUT2D eigenvalue weighted by molar-refractivity contribution is 0.199. The van der Waals surface area contributed by atoms with Gasteiger partial charge in [-0.25, -0.2) is 9.48 Å². The van der Waals surface area contributed by atoms with Crippen LogP contribution < -0.4 is 15.4 Å². The van der Waals surface area contributed by atoms with Crippen molar-refractivity contribution in [1.29, 1.82) is 0 Å². The van der Waals surface area contributed by atoms with E-state index in [9.17, 15) is 15.0 Å². The number of nitrogens with zero attached hydrogens (tertiary/aromatic N) is 4. The van der Waals surface area contributed by atoms with Gasteiger partial charge in [0.05, 0.1) is 0 Å². The van der Waals surface area contributed by atoms with Gasteiger partial charge in [0, 0.05) is 24.7 Å². The molecule has 1 aromatic heterocycles. The molecule has 10 heteroatoms. The fourth-order valence-corrected chi connectivity index (χ4v) is 4.21. The van der Waals surface area contributed by atoms with Crippen LogP contribution in [-0.4, -0.2) is 68.9 Å². The Hall–Kier alpha value is -3.63. The first kappa shape index (κ1) is 28.9. The first-order valence-electron chi connectivity index (χ1n) is 13.3. The van der Waals surface area contributed by atoms with E-state index < -0.39 is 6.09 Å². The van der Waals surface area contributed by atoms with Gasteiger partial charge in [-0.3, -0.25) is 0 Å². The molecule has 0 fully saturated rings. The maximum absolute atomic E-state index is 12.2. The molecular weight excluding hydrogens is 484 g/mol. The van der Waals surface area contributed by atoms with E-state index in [0.29, 0.717) is 29.1 Å². The highest BCUT2D eigenvalue weighted by Gasteiger charge is 2.23. The molecule has 38 heavy (non-hydrogen) atoms. The van der Waals surface area contributed by atoms with Crippen LogP contribution in [0.4, 0.5) is 4.79 Å². The fourth-order valence-electron chi connectivity index (χ4n) is 4.21. The lowest BCUT2D eigenvalue weighted by Gasteiger charge is -2.17. The Morgan fingerprint density at radius 3 is 2.42 bits per heavy atom. The number of phenolic OH excluding ortho intramolecular Hbond substituents is 2. The van der Waals surface area contributed by atoms with Crippen molar-refractivity contribution in [3.63, 3.8) is 0 Å². The summed E-state index contributed by atoms with van der Waals surface area (Å²) in [5, 5.41) is 35.3. The number of hydrogen-bond acceptors (Lipinski definition) is 8. The number of aromatic nitrogens is 3. The van der Waals surface area contributed by atoms with Crippen LogP contribution >= 0.6 is 0 Å². The summed E-state index contributed by atoms with van der Waals surface area (Å²) < 4.78 is 6.88. The van der Waals surface area contributed by atoms with Gasteiger partial charge in [-0.15, -0.1) is 0 Å². The largest absolute Gasteiger partial charge is 0.508 e. The summed E-state index contributed by atoms with van der Waals surface area (Å²) in [6.45, 7) is 15.3. The van der Waals surface area contributed by atoms with Crippen molar-refractivity contribution in [3.8, 4) is 34.3 Å². The summed E-state index contributed by atoms with van der Waals surface area (Å²) in [4.78, 5) is 14.6. The lowest BCUT2D eigenvalue weighted by Crippen LogP contribution is -2.27. The third kappa shape index (κ3) is 7.23. The van der Waals surface area contributed by atoms with Crippen LogP contribution in [0.5, 0.6) is 17.4 Å². The second-order valence-corrected chi connectivity index (χ2v) is 9.38. The van der Waals surface area contributed by atoms with E-state index in [4.69, 9.17) is 4.74 Å². The molecule has 0 aliphatic carbocycles. The topological polar surface area (TPSA) is 125 Å². The number of benzene rings is 2. The summed E-state index contributed by atoms with van der Waals surface area (Å²) in [6, 6.07) is 10.8. The molecule has 4 N–H and O–H groups in total. The number of rotatable bonds is 13. The molecule has 0 spiro atoms. The smallest absolute Gasteiger partial charge is 0.414 e. The van der Waals surface area contributed by atoms with Crippen molar-refractivity contribution in [2.45, 2.75) is 53.5 Å². The third-order valence-electron chi connectivity index (χ3n) is 6.40. The van der Waals surface area contributed by atoms with E-state index in [1.165, 1.54) is 10.7 Å². The molecule has 0 saturated carbocycles. The predicted molar refractivity (Wildman–Crippen MR) is 148 cm³/mol. The maximum atomic E-state index is 12.2. The normalized spacial score (nSPS) is 11.3. The van der Waals surface area contributed by atoms with Crippen molar-refractivity contribution < 1.29 is 19.7 Å². The minimum absolute atomic E-state index is 0.00402. The number of carbonyl (C=O) groups is 1. The Labute approximate surface area is 224 Å². The number of ether oxygens (including phenoxy) is 1. The number of carbonyl (C=O) groups excluding carboxylic acids is 1. The first-order valence-corrected chi connectivity index (χ1v) is 13.3. The second-order valence-electron chi connectivity index (χ2n) is 9.38. The molecule has 0 unspecified atom stereocenters. The van der Waals surface area contributed by atoms with Crippen molar-refractivity contribution in [3.05, 3.63) is 47.5 Å². The van der Waals surface area contributed by atoms with Crippen LogP contribution in [-0.2, 0) is 6.54 Å². The van der Waals surface area contributed by atoms with Gasteiger partial charge in [-0.2, -0.15) is 0 Å². The van der Waals surface area contributed by atoms with E-state index in [-0.39, 0.29) is 23.3 Å². The fraction of sp³-hybridized carbons (Fsp3) is 0.464. The van der Waals surface area contributed by atoms with E-state index >= 15 is 0 Å². The molecule has 0 aliphatic heterocycles. The molecule has 0 aliphatic rings. The molecule has 3 rings (SSSR count). The van der Waals surface area contributed by atoms with Crippen molar-refractivity contribution in [2.24, 2.45) is 0 Å². The Morgan fingerprint density at radius 2 is 1.79 bits per heavy atom. The molecule has 0 saturated heterocycles. The molecule has 1 amide bonds. The third-order valence-corrected chi connectivity index (χ3v) is 6.40. The molecule has 1 heterocycles. The van der Waals surface area contributed by atoms with Gasteiger partial charge >= 0.3 is 6.09 Å². The minimum Gasteiger partial charge on any atom is -0.508 e. The van der Waals surface area contributed by atoms with E-state index in [1.807, 2.05) is 38.1 Å². The van der Waals surface area contributed by atoms with Crippen LogP contribution in [0.25, 0.3) is 16.9 Å². The van der Waals surface area contributed by atoms with E-state index in [2.05, 4.69) is 39.7 Å². The van der Waals surface area contributed by atoms with Crippen molar-refractivity contribution in [1.82, 2.24) is 30.5 Å². The highest BCUT2D eigenvalue weighted by molar-refractivity contribution is 5.75. The highest BCUT2D eigenvalue weighted by atomic mass is 16.6. The Bertz CT molecular complexity index is 1190. The van der Waals surface area contributed by atoms with Crippen LogP contribution in [0.1, 0.15) is 58.1 Å². The standard InChI is InChI=1S/C28H40N6O4/c1-6-30-28(37)38-27-26(34(32-31-27)23-16-22(19(4)5)24(35)17-25(23)36)21-12-10-20(11-13-21)18-29-14-9-15-33(7-2)8-3/h10-13,16-17,19,29,35-36H,6-9,14-15,18H2,1-5H3,(H,30,37). The molecule has 0 bridgehead atoms. The Balaban J connectivity index is 1.87. The van der Waals surface area contributed by atoms with E-state index in [0.717, 1.165) is 44.7 Å². The SMILES string of the molecule is CCNC(=O)Oc1nnn(-c2cc(C(C)C)c(O)cc2O)c1-c1ccc(CNCCCN(CC)CC)cc1. The quantitative estimate of drug-likeness (QED) is 0.243. The van der Waals surface area contributed by atoms with Crippen molar-refractivity contribution >= 4 is 6.09 Å². The summed E-state index contributed by atoms with van der Waals surface area (Å²) in [5.74, 6) is -0.160. The molecule has 10 nitrogen and oxygen atoms in total. The number of hydrogen-bond donors (Lipinski definition) is 4. The predicted octanol–water partition coefficient (Wildman–Crippen LogP) is 4.40. The molecule has 0 atom stereocenters. The molecule has 3 aromatic rings. The summed E-state index contributed by atoms with van der Waals surface area (Å²) in [7, 11) is 0. The van der Waals surface area contributed by atoms with Gasteiger partial charge in [-0.1, -0.05) is 62.3 Å². The molecular formula is C28H40N6O4. The van der Waals surface area contributed by atoms with Crippen LogP contribution in [0, 0.1) is 0 Å². The number of aromatic hydroxyl groups is 2. The van der Waals surface area contributed by atoms with Crippen LogP contribution in [0.3, 0.4) is 0 Å². The second kappa shape index (κ2) is 13.8. The van der Waals surface area contributed by atoms with Gasteiger partial charge < -0.3 is 30.5 Å². The monoisotopic (exact) mass is 524 g/mol. The van der Waals surface area contributed by atoms with Gasteiger partial charge in [0.1, 0.15) is 22.9 Å². The van der Waals surface area contributed by atoms with Gasteiger partial charge in [0.15, 0.2) is 0 Å². The van der Waals surface area contributed by atoms with Crippen LogP contribution in [0.2, 0.25) is 0 Å². The van der Waals surface area contributed by atoms with Crippen molar-refractivity contribution in [2.75, 3.05) is 32.7 Å². The minimum atomic E-state index is -0.649. The Morgan fingerprint density at radius 1 is 1.08 bits per heavy atom. The highest BCUT2D eigenvalue weighted by Crippen LogP contribution is 2.38. The van der Waals surface area contributed by atoms with Gasteiger partial charge in [-0.05, 0) is 62.6 Å². The number of amides is 1. The number of nitrogens with one attached hydrogen (secondary N) is 2. The average molecular weight is 525 g/mol. The molecule has 0 radical (unpaired) electrons. The summed E-state index contributed by atoms with van der Waals surface area (Å²) in [6.07, 6.45) is 0.434. The number of phenols is 2.